The fraction of sp³-hybridized carbons (Fsp3) is 0.286. The first-order valence-electron chi connectivity index (χ1n) is 5.98. The molecule has 0 bridgehead atoms. The summed E-state index contributed by atoms with van der Waals surface area (Å²) in [5.41, 5.74) is -0.318. The largest absolute Gasteiger partial charge is 0.468 e. The molecule has 0 saturated carbocycles. The zero-order valence-electron chi connectivity index (χ0n) is 10.4. The number of halogens is 2. The maximum Gasteiger partial charge on any atom is 0.131 e. The van der Waals surface area contributed by atoms with Crippen molar-refractivity contribution < 1.29 is 18.3 Å². The fourth-order valence-electron chi connectivity index (χ4n) is 1.86. The van der Waals surface area contributed by atoms with Gasteiger partial charge in [-0.15, -0.1) is 0 Å². The zero-order valence-corrected chi connectivity index (χ0v) is 10.4. The van der Waals surface area contributed by atoms with Crippen LogP contribution in [0.5, 0.6) is 0 Å². The monoisotopic (exact) mass is 267 g/mol. The first-order valence-corrected chi connectivity index (χ1v) is 5.98. The highest BCUT2D eigenvalue weighted by Gasteiger charge is 2.18. The van der Waals surface area contributed by atoms with Gasteiger partial charge in [0.15, 0.2) is 0 Å². The summed E-state index contributed by atoms with van der Waals surface area (Å²) in [5.74, 6) is -0.805. The number of hydrogen-bond donors (Lipinski definition) is 2. The van der Waals surface area contributed by atoms with Gasteiger partial charge in [-0.3, -0.25) is 0 Å². The summed E-state index contributed by atoms with van der Waals surface area (Å²) in [6, 6.07) is 6.89. The maximum atomic E-state index is 13.5. The van der Waals surface area contributed by atoms with Crippen molar-refractivity contribution in [2.24, 2.45) is 0 Å². The van der Waals surface area contributed by atoms with E-state index in [9.17, 15) is 13.9 Å². The van der Waals surface area contributed by atoms with Crippen LogP contribution in [-0.4, -0.2) is 11.7 Å². The van der Waals surface area contributed by atoms with E-state index in [1.54, 1.807) is 18.4 Å². The van der Waals surface area contributed by atoms with Crippen LogP contribution in [0.25, 0.3) is 0 Å². The molecule has 2 unspecified atom stereocenters. The minimum atomic E-state index is -1.25. The van der Waals surface area contributed by atoms with E-state index in [-0.39, 0.29) is 18.2 Å². The van der Waals surface area contributed by atoms with E-state index in [1.807, 2.05) is 6.92 Å². The molecule has 0 aliphatic carbocycles. The molecule has 2 atom stereocenters. The Balaban J connectivity index is 2.00. The highest BCUT2D eigenvalue weighted by atomic mass is 19.1. The highest BCUT2D eigenvalue weighted by molar-refractivity contribution is 5.22. The van der Waals surface area contributed by atoms with E-state index >= 15 is 0 Å². The molecule has 0 radical (unpaired) electrons. The molecule has 2 aromatic rings. The molecule has 0 spiro atoms. The number of furan rings is 1. The van der Waals surface area contributed by atoms with Crippen LogP contribution in [0.15, 0.2) is 41.0 Å². The first kappa shape index (κ1) is 13.7. The molecule has 0 fully saturated rings. The van der Waals surface area contributed by atoms with Crippen molar-refractivity contribution in [3.8, 4) is 0 Å². The summed E-state index contributed by atoms with van der Waals surface area (Å²) in [6.07, 6.45) is 0.291. The van der Waals surface area contributed by atoms with E-state index < -0.39 is 17.7 Å². The Morgan fingerprint density at radius 2 is 1.89 bits per heavy atom. The van der Waals surface area contributed by atoms with Crippen LogP contribution in [0.2, 0.25) is 0 Å². The van der Waals surface area contributed by atoms with Crippen LogP contribution in [-0.2, 0) is 0 Å². The third-order valence-electron chi connectivity index (χ3n) is 2.92. The molecule has 0 aliphatic heterocycles. The lowest BCUT2D eigenvalue weighted by atomic mass is 10.1. The third kappa shape index (κ3) is 3.19. The molecule has 3 nitrogen and oxygen atoms in total. The van der Waals surface area contributed by atoms with Crippen LogP contribution in [0.3, 0.4) is 0 Å². The Kier molecular flexibility index (Phi) is 4.29. The number of nitrogens with one attached hydrogen (secondary N) is 1. The van der Waals surface area contributed by atoms with E-state index in [2.05, 4.69) is 5.32 Å². The van der Waals surface area contributed by atoms with Gasteiger partial charge < -0.3 is 14.8 Å². The molecular weight excluding hydrogens is 252 g/mol. The summed E-state index contributed by atoms with van der Waals surface area (Å²) in [6.45, 7) is 1.86. The molecule has 0 aliphatic rings. The van der Waals surface area contributed by atoms with Crippen molar-refractivity contribution in [3.05, 3.63) is 59.6 Å². The summed E-state index contributed by atoms with van der Waals surface area (Å²) in [5, 5.41) is 12.8. The molecule has 102 valence electrons. The van der Waals surface area contributed by atoms with Crippen LogP contribution in [0.4, 0.5) is 8.78 Å². The van der Waals surface area contributed by atoms with Crippen LogP contribution in [0, 0.1) is 11.6 Å². The summed E-state index contributed by atoms with van der Waals surface area (Å²) in [7, 11) is 0. The topological polar surface area (TPSA) is 45.4 Å². The molecule has 0 amide bonds. The number of hydrogen-bond acceptors (Lipinski definition) is 3. The quantitative estimate of drug-likeness (QED) is 0.875. The minimum Gasteiger partial charge on any atom is -0.468 e. The molecule has 0 saturated heterocycles. The van der Waals surface area contributed by atoms with E-state index in [4.69, 9.17) is 4.42 Å². The standard InChI is InChI=1S/C14H15F2NO2/c1-9(13-6-3-7-19-13)17-8-12(18)14-10(15)4-2-5-11(14)16/h2-7,9,12,17-18H,8H2,1H3. The minimum absolute atomic E-state index is 0.0275. The average molecular weight is 267 g/mol. The van der Waals surface area contributed by atoms with Crippen molar-refractivity contribution >= 4 is 0 Å². The van der Waals surface area contributed by atoms with Crippen molar-refractivity contribution in [3.63, 3.8) is 0 Å². The lowest BCUT2D eigenvalue weighted by molar-refractivity contribution is 0.160. The Hall–Kier alpha value is -1.72. The van der Waals surface area contributed by atoms with Gasteiger partial charge in [0.1, 0.15) is 17.4 Å². The van der Waals surface area contributed by atoms with Crippen molar-refractivity contribution in [2.45, 2.75) is 19.1 Å². The maximum absolute atomic E-state index is 13.5. The highest BCUT2D eigenvalue weighted by Crippen LogP contribution is 2.21. The molecule has 5 heteroatoms. The first-order chi connectivity index (χ1) is 9.09. The second-order valence-corrected chi connectivity index (χ2v) is 4.30. The smallest absolute Gasteiger partial charge is 0.131 e. The van der Waals surface area contributed by atoms with Gasteiger partial charge in [0.2, 0.25) is 0 Å². The van der Waals surface area contributed by atoms with Gasteiger partial charge in [0.25, 0.3) is 0 Å². The SMILES string of the molecule is CC(NCC(O)c1c(F)cccc1F)c1ccco1. The number of aliphatic hydroxyl groups is 1. The van der Waals surface area contributed by atoms with Crippen LogP contribution >= 0.6 is 0 Å². The van der Waals surface area contributed by atoms with Gasteiger partial charge in [-0.25, -0.2) is 8.78 Å². The predicted molar refractivity (Wildman–Crippen MR) is 66.4 cm³/mol. The average Bonchev–Trinajstić information content (AvgIpc) is 2.89. The van der Waals surface area contributed by atoms with Crippen molar-refractivity contribution in [1.29, 1.82) is 0 Å². The summed E-state index contributed by atoms with van der Waals surface area (Å²) >= 11 is 0. The normalized spacial score (nSPS) is 14.3. The summed E-state index contributed by atoms with van der Waals surface area (Å²) < 4.78 is 32.1. The van der Waals surface area contributed by atoms with E-state index in [0.717, 1.165) is 12.1 Å². The van der Waals surface area contributed by atoms with Gasteiger partial charge in [-0.05, 0) is 31.2 Å². The third-order valence-corrected chi connectivity index (χ3v) is 2.92. The molecule has 1 aromatic heterocycles. The van der Waals surface area contributed by atoms with Gasteiger partial charge >= 0.3 is 0 Å². The second-order valence-electron chi connectivity index (χ2n) is 4.30. The van der Waals surface area contributed by atoms with Gasteiger partial charge in [0.05, 0.1) is 24.0 Å². The van der Waals surface area contributed by atoms with Gasteiger partial charge in [-0.2, -0.15) is 0 Å². The van der Waals surface area contributed by atoms with Crippen molar-refractivity contribution in [2.75, 3.05) is 6.54 Å². The second kappa shape index (κ2) is 5.95. The molecule has 1 heterocycles. The molecule has 2 N–H and O–H groups in total. The Bertz CT molecular complexity index is 508. The molecule has 1 aromatic carbocycles. The Labute approximate surface area is 109 Å². The number of benzene rings is 1. The van der Waals surface area contributed by atoms with Gasteiger partial charge in [0, 0.05) is 6.54 Å². The summed E-state index contributed by atoms with van der Waals surface area (Å²) in [4.78, 5) is 0. The Morgan fingerprint density at radius 3 is 2.47 bits per heavy atom. The predicted octanol–water partition coefficient (Wildman–Crippen LogP) is 2.94. The van der Waals surface area contributed by atoms with Crippen LogP contribution < -0.4 is 5.32 Å². The lowest BCUT2D eigenvalue weighted by Gasteiger charge is -2.16. The van der Waals surface area contributed by atoms with Crippen LogP contribution in [0.1, 0.15) is 30.4 Å². The zero-order chi connectivity index (χ0) is 13.8. The number of aliphatic hydroxyl groups excluding tert-OH is 1. The Morgan fingerprint density at radius 1 is 1.21 bits per heavy atom. The molecule has 2 rings (SSSR count). The van der Waals surface area contributed by atoms with Crippen molar-refractivity contribution in [1.82, 2.24) is 5.32 Å². The van der Waals surface area contributed by atoms with E-state index in [1.165, 1.54) is 6.07 Å². The van der Waals surface area contributed by atoms with E-state index in [0.29, 0.717) is 5.76 Å². The fourth-order valence-corrected chi connectivity index (χ4v) is 1.86. The lowest BCUT2D eigenvalue weighted by Crippen LogP contribution is -2.25. The van der Waals surface area contributed by atoms with Gasteiger partial charge in [-0.1, -0.05) is 6.07 Å². The number of rotatable bonds is 5. The molecular formula is C14H15F2NO2. The molecule has 19 heavy (non-hydrogen) atoms.